The molecule has 0 aromatic carbocycles. The van der Waals surface area contributed by atoms with Gasteiger partial charge in [0.25, 0.3) is 0 Å². The van der Waals surface area contributed by atoms with Crippen molar-refractivity contribution in [2.24, 2.45) is 5.84 Å². The van der Waals surface area contributed by atoms with Crippen molar-refractivity contribution >= 4 is 70.3 Å². The average Bonchev–Trinajstić information content (AvgIpc) is 3.72. The van der Waals surface area contributed by atoms with Crippen molar-refractivity contribution < 1.29 is 0 Å². The quantitative estimate of drug-likeness (QED) is 0.0406. The first-order valence-corrected chi connectivity index (χ1v) is 13.7. The van der Waals surface area contributed by atoms with Gasteiger partial charge in [-0.25, -0.2) is 15.4 Å². The van der Waals surface area contributed by atoms with E-state index in [9.17, 15) is 0 Å². The molecule has 8 bridgehead atoms. The standard InChI is InChI=1S/C20H14N4.C10H26N4.HI/c1-2-14-10-16-5-6-18(23-16)12-20-8-7-19(24-20)11-17-4-3-15(22-17)9-13(1)21-14;1-2-3-4-5-6-7-8-9-10-12-14-13-11;/h1-12,21,24H;12-14H,2-11H2,1H3;1H. The van der Waals surface area contributed by atoms with Crippen LogP contribution in [0, 0.1) is 0 Å². The first-order valence-electron chi connectivity index (χ1n) is 13.7. The van der Waals surface area contributed by atoms with E-state index in [1.807, 2.05) is 48.6 Å². The second-order valence-corrected chi connectivity index (χ2v) is 9.58. The molecular formula is C30H41IN8. The van der Waals surface area contributed by atoms with Gasteiger partial charge in [0.05, 0.1) is 22.8 Å². The Morgan fingerprint density at radius 3 is 1.38 bits per heavy atom. The van der Waals surface area contributed by atoms with Crippen LogP contribution in [0.2, 0.25) is 0 Å². The van der Waals surface area contributed by atoms with Crippen molar-refractivity contribution in [3.63, 3.8) is 0 Å². The lowest BCUT2D eigenvalue weighted by Crippen LogP contribution is -2.47. The van der Waals surface area contributed by atoms with E-state index in [2.05, 4.69) is 67.6 Å². The first kappa shape index (κ1) is 30.7. The summed E-state index contributed by atoms with van der Waals surface area (Å²) in [7, 11) is 0. The number of hydrazine groups is 3. The molecule has 0 saturated carbocycles. The molecule has 0 atom stereocenters. The summed E-state index contributed by atoms with van der Waals surface area (Å²) in [6, 6.07) is 16.4. The van der Waals surface area contributed by atoms with Crippen molar-refractivity contribution in [1.29, 1.82) is 0 Å². The van der Waals surface area contributed by atoms with E-state index in [0.717, 1.165) is 51.4 Å². The van der Waals surface area contributed by atoms with E-state index in [4.69, 9.17) is 5.84 Å². The van der Waals surface area contributed by atoms with Gasteiger partial charge in [-0.05, 0) is 79.3 Å². The molecule has 7 N–H and O–H groups in total. The van der Waals surface area contributed by atoms with Crippen molar-refractivity contribution in [2.75, 3.05) is 6.54 Å². The minimum absolute atomic E-state index is 0. The van der Waals surface area contributed by atoms with Gasteiger partial charge in [-0.3, -0.25) is 5.84 Å². The van der Waals surface area contributed by atoms with Crippen LogP contribution >= 0.6 is 24.0 Å². The van der Waals surface area contributed by atoms with Crippen LogP contribution in [0.1, 0.15) is 81.1 Å². The lowest BCUT2D eigenvalue weighted by atomic mass is 10.1. The third-order valence-electron chi connectivity index (χ3n) is 6.36. The van der Waals surface area contributed by atoms with Crippen LogP contribution in [0.5, 0.6) is 0 Å². The Morgan fingerprint density at radius 1 is 0.615 bits per heavy atom. The number of aromatic nitrogens is 4. The highest BCUT2D eigenvalue weighted by Gasteiger charge is 2.01. The van der Waals surface area contributed by atoms with Gasteiger partial charge >= 0.3 is 0 Å². The van der Waals surface area contributed by atoms with E-state index in [1.165, 1.54) is 51.4 Å². The zero-order chi connectivity index (χ0) is 26.4. The summed E-state index contributed by atoms with van der Waals surface area (Å²) in [6.45, 7) is 3.23. The van der Waals surface area contributed by atoms with Crippen LogP contribution in [0.4, 0.5) is 0 Å². The Kier molecular flexibility index (Phi) is 13.4. The lowest BCUT2D eigenvalue weighted by molar-refractivity contribution is 0.431. The maximum atomic E-state index is 5.01. The van der Waals surface area contributed by atoms with Crippen molar-refractivity contribution in [2.45, 2.75) is 58.3 Å². The first-order chi connectivity index (χ1) is 18.7. The van der Waals surface area contributed by atoms with E-state index in [1.54, 1.807) is 0 Å². The fourth-order valence-electron chi connectivity index (χ4n) is 4.40. The maximum Gasteiger partial charge on any atom is 0.0658 e. The zero-order valence-corrected chi connectivity index (χ0v) is 25.0. The number of halogens is 1. The number of aromatic amines is 2. The number of rotatable bonds is 11. The molecule has 0 spiro atoms. The molecular weight excluding hydrogens is 599 g/mol. The Morgan fingerprint density at radius 2 is 1.00 bits per heavy atom. The molecule has 3 aromatic rings. The Hall–Kier alpha value is -2.83. The molecule has 39 heavy (non-hydrogen) atoms. The lowest BCUT2D eigenvalue weighted by Gasteiger charge is -2.04. The molecule has 5 rings (SSSR count). The van der Waals surface area contributed by atoms with Crippen molar-refractivity contribution in [3.05, 3.63) is 71.3 Å². The SMILES string of the molecule is C1=Cc2cc3ccc(cc4nc(cc5ccc(cc1n2)[nH]5)C=C4)[nH]3.CCCCCCCCCCNNNN.I. The minimum atomic E-state index is 0. The van der Waals surface area contributed by atoms with Gasteiger partial charge in [-0.1, -0.05) is 51.9 Å². The highest BCUT2D eigenvalue weighted by Crippen LogP contribution is 2.17. The highest BCUT2D eigenvalue weighted by atomic mass is 127. The fraction of sp³-hybridized carbons (Fsp3) is 0.333. The largest absolute Gasteiger partial charge is 0.355 e. The topological polar surface area (TPSA) is 119 Å². The van der Waals surface area contributed by atoms with Gasteiger partial charge in [0.15, 0.2) is 0 Å². The number of nitrogens with zero attached hydrogens (tertiary/aromatic N) is 2. The summed E-state index contributed by atoms with van der Waals surface area (Å²) in [5, 5.41) is 0. The van der Waals surface area contributed by atoms with Gasteiger partial charge in [0.1, 0.15) is 0 Å². The molecule has 208 valence electrons. The van der Waals surface area contributed by atoms with Crippen LogP contribution < -0.4 is 22.3 Å². The summed E-state index contributed by atoms with van der Waals surface area (Å²) < 4.78 is 0. The molecule has 2 aliphatic heterocycles. The third kappa shape index (κ3) is 10.7. The third-order valence-corrected chi connectivity index (χ3v) is 6.36. The number of hydrogen-bond donors (Lipinski definition) is 6. The van der Waals surface area contributed by atoms with Crippen LogP contribution in [-0.2, 0) is 0 Å². The number of nitrogens with two attached hydrogens (primary N) is 1. The van der Waals surface area contributed by atoms with E-state index < -0.39 is 0 Å². The van der Waals surface area contributed by atoms with Crippen molar-refractivity contribution in [3.8, 4) is 0 Å². The molecule has 9 heteroatoms. The molecule has 0 saturated heterocycles. The van der Waals surface area contributed by atoms with E-state index >= 15 is 0 Å². The monoisotopic (exact) mass is 640 g/mol. The smallest absolute Gasteiger partial charge is 0.0658 e. The van der Waals surface area contributed by atoms with E-state index in [-0.39, 0.29) is 24.0 Å². The second-order valence-electron chi connectivity index (χ2n) is 9.58. The molecule has 0 fully saturated rings. The minimum Gasteiger partial charge on any atom is -0.355 e. The van der Waals surface area contributed by atoms with Crippen molar-refractivity contribution in [1.82, 2.24) is 36.4 Å². The molecule has 0 radical (unpaired) electrons. The summed E-state index contributed by atoms with van der Waals surface area (Å²) in [6.07, 6.45) is 18.9. The number of nitrogens with one attached hydrogen (secondary N) is 5. The average molecular weight is 641 g/mol. The van der Waals surface area contributed by atoms with Gasteiger partial charge in [-0.15, -0.1) is 24.0 Å². The number of hydrogen-bond acceptors (Lipinski definition) is 6. The van der Waals surface area contributed by atoms with Gasteiger partial charge in [0, 0.05) is 28.6 Å². The molecule has 0 amide bonds. The van der Waals surface area contributed by atoms with E-state index in [0.29, 0.717) is 0 Å². The predicted octanol–water partition coefficient (Wildman–Crippen LogP) is 6.87. The Labute approximate surface area is 248 Å². The summed E-state index contributed by atoms with van der Waals surface area (Å²) in [4.78, 5) is 16.0. The number of unbranched alkanes of at least 4 members (excludes halogenated alkanes) is 7. The fourth-order valence-corrected chi connectivity index (χ4v) is 4.40. The Balaban J connectivity index is 0.000000245. The normalized spacial score (nSPS) is 11.6. The number of fused-ring (bicyclic) bond motifs is 8. The number of H-pyrrole nitrogens is 2. The molecule has 0 aliphatic carbocycles. The van der Waals surface area contributed by atoms with Gasteiger partial charge in [0.2, 0.25) is 0 Å². The summed E-state index contributed by atoms with van der Waals surface area (Å²) >= 11 is 0. The van der Waals surface area contributed by atoms with Gasteiger partial charge in [-0.2, -0.15) is 11.1 Å². The van der Waals surface area contributed by atoms with Crippen LogP contribution in [0.15, 0.2) is 48.5 Å². The molecule has 2 aliphatic rings. The highest BCUT2D eigenvalue weighted by molar-refractivity contribution is 14.0. The molecule has 3 aromatic heterocycles. The molecule has 5 heterocycles. The second kappa shape index (κ2) is 17.0. The zero-order valence-electron chi connectivity index (χ0n) is 22.7. The predicted molar refractivity (Wildman–Crippen MR) is 175 cm³/mol. The van der Waals surface area contributed by atoms with Crippen LogP contribution in [0.3, 0.4) is 0 Å². The molecule has 8 nitrogen and oxygen atoms in total. The van der Waals surface area contributed by atoms with Crippen LogP contribution in [0.25, 0.3) is 46.4 Å². The maximum absolute atomic E-state index is 5.01. The molecule has 0 unspecified atom stereocenters. The summed E-state index contributed by atoms with van der Waals surface area (Å²) in [5.41, 5.74) is 15.8. The summed E-state index contributed by atoms with van der Waals surface area (Å²) in [5.74, 6) is 5.01. The van der Waals surface area contributed by atoms with Crippen LogP contribution in [-0.4, -0.2) is 26.5 Å². The Bertz CT molecular complexity index is 1190. The van der Waals surface area contributed by atoms with Gasteiger partial charge < -0.3 is 9.97 Å².